The van der Waals surface area contributed by atoms with Gasteiger partial charge in [0.1, 0.15) is 5.75 Å². The lowest BCUT2D eigenvalue weighted by Crippen LogP contribution is -2.26. The van der Waals surface area contributed by atoms with Crippen molar-refractivity contribution in [1.29, 1.82) is 0 Å². The first-order valence-electron chi connectivity index (χ1n) is 10.2. The van der Waals surface area contributed by atoms with Gasteiger partial charge in [0.25, 0.3) is 5.91 Å². The molecule has 0 saturated carbocycles. The van der Waals surface area contributed by atoms with Gasteiger partial charge in [-0.25, -0.2) is 0 Å². The number of nitrogens with zero attached hydrogens (tertiary/aromatic N) is 3. The normalized spacial score (nSPS) is 9.37. The highest BCUT2D eigenvalue weighted by atomic mass is 16.5. The molecule has 6 heteroatoms. The molecule has 172 valence electrons. The van der Waals surface area contributed by atoms with E-state index in [1.54, 1.807) is 25.1 Å². The summed E-state index contributed by atoms with van der Waals surface area (Å²) in [5, 5.41) is 0. The number of aliphatic imine (C=N–C) groups is 1. The minimum absolute atomic E-state index is 0.0294. The van der Waals surface area contributed by atoms with Crippen LogP contribution >= 0.6 is 0 Å². The lowest BCUT2D eigenvalue weighted by atomic mass is 10.0. The van der Waals surface area contributed by atoms with E-state index in [2.05, 4.69) is 42.3 Å². The summed E-state index contributed by atoms with van der Waals surface area (Å²) in [5.74, 6) is 0.682. The van der Waals surface area contributed by atoms with Crippen LogP contribution in [0.2, 0.25) is 0 Å². The standard InChI is InChI=1S/C18H29N3O2.C3H6.C2H4.CH5N/c1-6-19-14-21(7-2)13-12-15-10-9-11-16(17(15)23-8-3)18(22)20(4)5;1-3-2;2*1-2/h6,9-11H,7-8,12-14H2,1-5H3;3H,1H2,2H3;1-2H2;2H2,1H3/b19-6-;;;. The summed E-state index contributed by atoms with van der Waals surface area (Å²) in [6, 6.07) is 5.79. The summed E-state index contributed by atoms with van der Waals surface area (Å²) >= 11 is 0. The Morgan fingerprint density at radius 1 is 1.20 bits per heavy atom. The number of ether oxygens (including phenoxy) is 1. The number of hydrogen-bond donors (Lipinski definition) is 1. The summed E-state index contributed by atoms with van der Waals surface area (Å²) in [4.78, 5) is 20.5. The van der Waals surface area contributed by atoms with Gasteiger partial charge in [-0.1, -0.05) is 25.1 Å². The van der Waals surface area contributed by atoms with E-state index in [9.17, 15) is 4.79 Å². The van der Waals surface area contributed by atoms with Gasteiger partial charge in [0, 0.05) is 20.6 Å². The van der Waals surface area contributed by atoms with Crippen molar-refractivity contribution >= 4 is 12.1 Å². The van der Waals surface area contributed by atoms with Gasteiger partial charge in [-0.15, -0.1) is 19.7 Å². The second kappa shape index (κ2) is 22.8. The van der Waals surface area contributed by atoms with Crippen molar-refractivity contribution in [3.05, 3.63) is 55.1 Å². The average Bonchev–Trinajstić information content (AvgIpc) is 2.77. The Hall–Kier alpha value is -2.44. The lowest BCUT2D eigenvalue weighted by molar-refractivity contribution is 0.0823. The molecule has 0 aliphatic heterocycles. The molecule has 0 aliphatic carbocycles. The van der Waals surface area contributed by atoms with Crippen LogP contribution < -0.4 is 10.5 Å². The number of carbonyl (C=O) groups is 1. The minimum Gasteiger partial charge on any atom is -0.493 e. The largest absolute Gasteiger partial charge is 0.493 e. The van der Waals surface area contributed by atoms with Crippen LogP contribution in [-0.2, 0) is 6.42 Å². The van der Waals surface area contributed by atoms with Crippen LogP contribution in [0, 0.1) is 0 Å². The number of likely N-dealkylation sites (N-methyl/N-ethyl adjacent to an activating group) is 1. The number of hydrogen-bond acceptors (Lipinski definition) is 5. The molecule has 0 aromatic heterocycles. The molecule has 1 rings (SSSR count). The fraction of sp³-hybridized carbons (Fsp3) is 0.500. The molecule has 1 amide bonds. The molecule has 6 nitrogen and oxygen atoms in total. The third kappa shape index (κ3) is 13.7. The van der Waals surface area contributed by atoms with Gasteiger partial charge < -0.3 is 15.4 Å². The number of nitrogens with two attached hydrogens (primary N) is 1. The predicted octanol–water partition coefficient (Wildman–Crippen LogP) is 4.27. The molecule has 0 spiro atoms. The summed E-state index contributed by atoms with van der Waals surface area (Å²) in [5.41, 5.74) is 6.20. The lowest BCUT2D eigenvalue weighted by Gasteiger charge is -2.20. The maximum absolute atomic E-state index is 12.3. The molecule has 0 bridgehead atoms. The highest BCUT2D eigenvalue weighted by Crippen LogP contribution is 2.26. The quantitative estimate of drug-likeness (QED) is 0.478. The van der Waals surface area contributed by atoms with Gasteiger partial charge in [-0.3, -0.25) is 14.7 Å². The van der Waals surface area contributed by atoms with Gasteiger partial charge in [0.15, 0.2) is 0 Å². The monoisotopic (exact) mass is 420 g/mol. The van der Waals surface area contributed by atoms with Crippen LogP contribution in [0.15, 0.2) is 49.0 Å². The van der Waals surface area contributed by atoms with Crippen LogP contribution in [0.25, 0.3) is 0 Å². The molecular formula is C24H44N4O2. The van der Waals surface area contributed by atoms with E-state index in [0.717, 1.165) is 25.1 Å². The second-order valence-electron chi connectivity index (χ2n) is 5.88. The SMILES string of the molecule is C/C=N\CN(CC)CCc1cccc(C(=O)N(C)C)c1OCC.C=C.C=CC.CN. The Morgan fingerprint density at radius 2 is 1.77 bits per heavy atom. The van der Waals surface area contributed by atoms with E-state index in [0.29, 0.717) is 24.6 Å². The first-order chi connectivity index (χ1) is 14.5. The van der Waals surface area contributed by atoms with Gasteiger partial charge >= 0.3 is 0 Å². The third-order valence-electron chi connectivity index (χ3n) is 3.63. The molecule has 30 heavy (non-hydrogen) atoms. The molecule has 0 atom stereocenters. The molecule has 0 saturated heterocycles. The van der Waals surface area contributed by atoms with Crippen LogP contribution in [0.1, 0.15) is 43.6 Å². The molecule has 0 aliphatic rings. The first kappa shape index (κ1) is 32.2. The Balaban J connectivity index is -0.000000926. The van der Waals surface area contributed by atoms with Gasteiger partial charge in [0.05, 0.1) is 18.8 Å². The Bertz CT molecular complexity index is 587. The predicted molar refractivity (Wildman–Crippen MR) is 133 cm³/mol. The number of carbonyl (C=O) groups excluding carboxylic acids is 1. The number of rotatable bonds is 9. The Kier molecular flexibility index (Phi) is 24.5. The first-order valence-corrected chi connectivity index (χ1v) is 10.2. The van der Waals surface area contributed by atoms with Crippen LogP contribution in [0.3, 0.4) is 0 Å². The maximum atomic E-state index is 12.3. The fourth-order valence-corrected chi connectivity index (χ4v) is 2.31. The van der Waals surface area contributed by atoms with E-state index in [1.807, 2.05) is 45.2 Å². The fourth-order valence-electron chi connectivity index (χ4n) is 2.31. The van der Waals surface area contributed by atoms with Crippen molar-refractivity contribution in [2.75, 3.05) is 47.5 Å². The van der Waals surface area contributed by atoms with Crippen molar-refractivity contribution in [2.24, 2.45) is 10.7 Å². The van der Waals surface area contributed by atoms with E-state index in [4.69, 9.17) is 4.74 Å². The van der Waals surface area contributed by atoms with Crippen LogP contribution in [0.4, 0.5) is 0 Å². The van der Waals surface area contributed by atoms with Crippen LogP contribution in [0.5, 0.6) is 5.75 Å². The minimum atomic E-state index is -0.0294. The van der Waals surface area contributed by atoms with Gasteiger partial charge in [0.2, 0.25) is 0 Å². The number of amides is 1. The van der Waals surface area contributed by atoms with Gasteiger partial charge in [-0.2, -0.15) is 0 Å². The molecule has 0 unspecified atom stereocenters. The molecule has 0 fully saturated rings. The third-order valence-corrected chi connectivity index (χ3v) is 3.63. The topological polar surface area (TPSA) is 71.2 Å². The van der Waals surface area contributed by atoms with Crippen molar-refractivity contribution < 1.29 is 9.53 Å². The summed E-state index contributed by atoms with van der Waals surface area (Å²) in [6.07, 6.45) is 4.40. The van der Waals surface area contributed by atoms with Crippen molar-refractivity contribution in [2.45, 2.75) is 34.1 Å². The van der Waals surface area contributed by atoms with Crippen molar-refractivity contribution in [3.8, 4) is 5.75 Å². The Labute approximate surface area is 185 Å². The van der Waals surface area contributed by atoms with E-state index in [1.165, 1.54) is 7.05 Å². The molecule has 1 aromatic rings. The van der Waals surface area contributed by atoms with E-state index >= 15 is 0 Å². The summed E-state index contributed by atoms with van der Waals surface area (Å²) < 4.78 is 5.79. The summed E-state index contributed by atoms with van der Waals surface area (Å²) in [6.45, 7) is 20.3. The van der Waals surface area contributed by atoms with E-state index < -0.39 is 0 Å². The zero-order chi connectivity index (χ0) is 23.9. The summed E-state index contributed by atoms with van der Waals surface area (Å²) in [7, 11) is 5.01. The number of allylic oxidation sites excluding steroid dienone is 1. The van der Waals surface area contributed by atoms with Gasteiger partial charge in [-0.05, 0) is 58.6 Å². The molecule has 0 heterocycles. The Morgan fingerprint density at radius 3 is 2.20 bits per heavy atom. The van der Waals surface area contributed by atoms with Crippen LogP contribution in [-0.4, -0.2) is 69.4 Å². The molecular weight excluding hydrogens is 376 g/mol. The second-order valence-corrected chi connectivity index (χ2v) is 5.88. The molecule has 2 N–H and O–H groups in total. The highest BCUT2D eigenvalue weighted by molar-refractivity contribution is 5.97. The van der Waals surface area contributed by atoms with E-state index in [-0.39, 0.29) is 5.91 Å². The molecule has 0 radical (unpaired) electrons. The molecule has 1 aromatic carbocycles. The maximum Gasteiger partial charge on any atom is 0.257 e. The number of para-hydroxylation sites is 1. The number of benzene rings is 1. The zero-order valence-corrected chi connectivity index (χ0v) is 20.3. The highest BCUT2D eigenvalue weighted by Gasteiger charge is 2.17. The van der Waals surface area contributed by atoms with Crippen molar-refractivity contribution in [1.82, 2.24) is 9.80 Å². The average molecular weight is 421 g/mol. The van der Waals surface area contributed by atoms with Crippen molar-refractivity contribution in [3.63, 3.8) is 0 Å². The smallest absolute Gasteiger partial charge is 0.257 e. The zero-order valence-electron chi connectivity index (χ0n) is 20.3.